The Morgan fingerprint density at radius 3 is 2.13 bits per heavy atom. The van der Waals surface area contributed by atoms with E-state index in [1.54, 1.807) is 25.6 Å². The summed E-state index contributed by atoms with van der Waals surface area (Å²) in [7, 11) is 0. The molecule has 1 aromatic rings. The first-order valence-electron chi connectivity index (χ1n) is 10.7. The number of carbonyl (C=O) groups is 4. The molecule has 0 aliphatic heterocycles. The van der Waals surface area contributed by atoms with Crippen LogP contribution in [0.3, 0.4) is 0 Å². The van der Waals surface area contributed by atoms with Crippen molar-refractivity contribution < 1.29 is 19.2 Å². The van der Waals surface area contributed by atoms with Crippen LogP contribution < -0.4 is 16.0 Å². The van der Waals surface area contributed by atoms with Gasteiger partial charge in [0.2, 0.25) is 18.2 Å². The molecule has 1 rings (SSSR count). The van der Waals surface area contributed by atoms with Crippen molar-refractivity contribution in [2.75, 3.05) is 12.0 Å². The van der Waals surface area contributed by atoms with Crippen LogP contribution in [0.5, 0.6) is 0 Å². The average molecular weight is 450 g/mol. The van der Waals surface area contributed by atoms with Gasteiger partial charge in [-0.15, -0.1) is 0 Å². The molecule has 3 atom stereocenters. The molecule has 3 N–H and O–H groups in total. The Morgan fingerprint density at radius 1 is 0.968 bits per heavy atom. The molecule has 172 valence electrons. The highest BCUT2D eigenvalue weighted by atomic mass is 32.2. The molecule has 0 aromatic heterocycles. The zero-order chi connectivity index (χ0) is 23.2. The molecule has 0 saturated carbocycles. The van der Waals surface area contributed by atoms with Gasteiger partial charge in [0.05, 0.1) is 6.04 Å². The summed E-state index contributed by atoms with van der Waals surface area (Å²) in [6, 6.07) is 7.36. The van der Waals surface area contributed by atoms with Crippen LogP contribution in [0.25, 0.3) is 0 Å². The first-order valence-corrected chi connectivity index (χ1v) is 12.1. The number of nitrogens with one attached hydrogen (secondary N) is 3. The second-order valence-electron chi connectivity index (χ2n) is 7.78. The Bertz CT molecular complexity index is 712. The van der Waals surface area contributed by atoms with E-state index in [-0.39, 0.29) is 17.6 Å². The van der Waals surface area contributed by atoms with E-state index in [0.717, 1.165) is 5.56 Å². The molecule has 0 saturated heterocycles. The fourth-order valence-electron chi connectivity index (χ4n) is 3.18. The summed E-state index contributed by atoms with van der Waals surface area (Å²) in [6.07, 6.45) is 4.38. The third kappa shape index (κ3) is 9.55. The van der Waals surface area contributed by atoms with E-state index in [1.807, 2.05) is 43.5 Å². The second-order valence-corrected chi connectivity index (χ2v) is 8.76. The summed E-state index contributed by atoms with van der Waals surface area (Å²) < 4.78 is 0. The Kier molecular flexibility index (Phi) is 12.6. The maximum Gasteiger partial charge on any atom is 0.243 e. The van der Waals surface area contributed by atoms with Crippen molar-refractivity contribution in [1.29, 1.82) is 0 Å². The summed E-state index contributed by atoms with van der Waals surface area (Å²) in [5, 5.41) is 8.13. The number of hydrogen-bond acceptors (Lipinski definition) is 5. The lowest BCUT2D eigenvalue weighted by Gasteiger charge is -2.25. The highest BCUT2D eigenvalue weighted by Crippen LogP contribution is 2.10. The highest BCUT2D eigenvalue weighted by molar-refractivity contribution is 7.98. The molecule has 0 unspecified atom stereocenters. The first-order chi connectivity index (χ1) is 14.8. The van der Waals surface area contributed by atoms with Crippen molar-refractivity contribution >= 4 is 35.8 Å². The van der Waals surface area contributed by atoms with Crippen molar-refractivity contribution in [3.8, 4) is 0 Å². The van der Waals surface area contributed by atoms with Gasteiger partial charge in [0.1, 0.15) is 12.1 Å². The first kappa shape index (κ1) is 26.7. The summed E-state index contributed by atoms with van der Waals surface area (Å²) in [4.78, 5) is 49.3. The molecule has 3 amide bonds. The van der Waals surface area contributed by atoms with Crippen molar-refractivity contribution in [2.45, 2.75) is 64.6 Å². The quantitative estimate of drug-likeness (QED) is 0.356. The number of carbonyl (C=O) groups excluding carboxylic acids is 4. The molecule has 0 spiro atoms. The largest absolute Gasteiger partial charge is 0.347 e. The monoisotopic (exact) mass is 449 g/mol. The molecule has 0 fully saturated rings. The second kappa shape index (κ2) is 14.6. The smallest absolute Gasteiger partial charge is 0.243 e. The molecule has 0 aliphatic rings. The Hall–Kier alpha value is -2.35. The number of benzene rings is 1. The third-order valence-electron chi connectivity index (χ3n) is 4.92. The molecular formula is C23H35N3O4S. The SMILES string of the molecule is CCC[C@H](NC(=O)[C@H](CCSC)NC=O)C(=O)N[C@@H](Cc1ccccc1)C(=O)C(C)C. The van der Waals surface area contributed by atoms with Gasteiger partial charge in [-0.3, -0.25) is 19.2 Å². The van der Waals surface area contributed by atoms with Crippen LogP contribution in [0.2, 0.25) is 0 Å². The molecule has 0 bridgehead atoms. The van der Waals surface area contributed by atoms with E-state index in [2.05, 4.69) is 16.0 Å². The lowest BCUT2D eigenvalue weighted by atomic mass is 9.95. The fourth-order valence-corrected chi connectivity index (χ4v) is 3.66. The molecule has 7 nitrogen and oxygen atoms in total. The summed E-state index contributed by atoms with van der Waals surface area (Å²) in [6.45, 7) is 5.53. The van der Waals surface area contributed by atoms with Crippen molar-refractivity contribution in [1.82, 2.24) is 16.0 Å². The normalized spacial score (nSPS) is 13.7. The van der Waals surface area contributed by atoms with Crippen LogP contribution in [0.15, 0.2) is 30.3 Å². The molecule has 0 radical (unpaired) electrons. The third-order valence-corrected chi connectivity index (χ3v) is 5.56. The Balaban J connectivity index is 2.92. The van der Waals surface area contributed by atoms with Gasteiger partial charge in [0.15, 0.2) is 5.78 Å². The van der Waals surface area contributed by atoms with Gasteiger partial charge in [0.25, 0.3) is 0 Å². The van der Waals surface area contributed by atoms with Crippen LogP contribution in [-0.4, -0.2) is 54.1 Å². The Labute approximate surface area is 189 Å². The van der Waals surface area contributed by atoms with E-state index >= 15 is 0 Å². The molecule has 1 aromatic carbocycles. The molecule has 0 aliphatic carbocycles. The number of amides is 3. The van der Waals surface area contributed by atoms with Crippen molar-refractivity contribution in [3.63, 3.8) is 0 Å². The van der Waals surface area contributed by atoms with E-state index in [0.29, 0.717) is 37.8 Å². The van der Waals surface area contributed by atoms with E-state index < -0.39 is 24.0 Å². The minimum absolute atomic E-state index is 0.0563. The molecule has 31 heavy (non-hydrogen) atoms. The number of rotatable bonds is 15. The van der Waals surface area contributed by atoms with E-state index in [1.165, 1.54) is 0 Å². The predicted molar refractivity (Wildman–Crippen MR) is 125 cm³/mol. The summed E-state index contributed by atoms with van der Waals surface area (Å²) in [5.74, 6) is -0.379. The zero-order valence-electron chi connectivity index (χ0n) is 18.9. The van der Waals surface area contributed by atoms with Gasteiger partial charge in [-0.2, -0.15) is 11.8 Å². The molecule has 8 heteroatoms. The van der Waals surface area contributed by atoms with Gasteiger partial charge >= 0.3 is 0 Å². The number of hydrogen-bond donors (Lipinski definition) is 3. The fraction of sp³-hybridized carbons (Fsp3) is 0.565. The van der Waals surface area contributed by atoms with Gasteiger partial charge < -0.3 is 16.0 Å². The highest BCUT2D eigenvalue weighted by Gasteiger charge is 2.29. The van der Waals surface area contributed by atoms with Crippen LogP contribution >= 0.6 is 11.8 Å². The van der Waals surface area contributed by atoms with E-state index in [9.17, 15) is 19.2 Å². The average Bonchev–Trinajstić information content (AvgIpc) is 2.75. The van der Waals surface area contributed by atoms with Crippen LogP contribution in [0.1, 0.15) is 45.6 Å². The standard InChI is InChI=1S/C23H35N3O4S/c1-5-9-19(25-22(29)18(24-15-27)12-13-31-4)23(30)26-20(21(28)16(2)3)14-17-10-7-6-8-11-17/h6-8,10-11,15-16,18-20H,5,9,12-14H2,1-4H3,(H,24,27)(H,25,29)(H,26,30)/t18-,19-,20-/m0/s1. The van der Waals surface area contributed by atoms with Crippen molar-refractivity contribution in [3.05, 3.63) is 35.9 Å². The molecule has 0 heterocycles. The predicted octanol–water partition coefficient (Wildman–Crippen LogP) is 2.09. The lowest BCUT2D eigenvalue weighted by Crippen LogP contribution is -2.55. The van der Waals surface area contributed by atoms with Gasteiger partial charge in [-0.1, -0.05) is 57.5 Å². The number of ketones is 1. The van der Waals surface area contributed by atoms with Gasteiger partial charge in [0, 0.05) is 5.92 Å². The van der Waals surface area contributed by atoms with Gasteiger partial charge in [-0.25, -0.2) is 0 Å². The minimum atomic E-state index is -0.777. The van der Waals surface area contributed by atoms with Crippen LogP contribution in [-0.2, 0) is 25.6 Å². The summed E-state index contributed by atoms with van der Waals surface area (Å²) in [5.41, 5.74) is 0.949. The van der Waals surface area contributed by atoms with Gasteiger partial charge in [-0.05, 0) is 36.8 Å². The number of thioether (sulfide) groups is 1. The van der Waals surface area contributed by atoms with E-state index in [4.69, 9.17) is 0 Å². The minimum Gasteiger partial charge on any atom is -0.347 e. The molecular weight excluding hydrogens is 414 g/mol. The summed E-state index contributed by atoms with van der Waals surface area (Å²) >= 11 is 1.57. The van der Waals surface area contributed by atoms with Crippen molar-refractivity contribution in [2.24, 2.45) is 5.92 Å². The Morgan fingerprint density at radius 2 is 1.58 bits per heavy atom. The maximum absolute atomic E-state index is 13.0. The lowest BCUT2D eigenvalue weighted by molar-refractivity contribution is -0.133. The van der Waals surface area contributed by atoms with Crippen LogP contribution in [0, 0.1) is 5.92 Å². The topological polar surface area (TPSA) is 104 Å². The zero-order valence-corrected chi connectivity index (χ0v) is 19.7. The maximum atomic E-state index is 13.0. The van der Waals surface area contributed by atoms with Crippen LogP contribution in [0.4, 0.5) is 0 Å². The number of Topliss-reactive ketones (excluding diaryl/α,β-unsaturated/α-hetero) is 1.